The average molecular weight is 298 g/mol. The van der Waals surface area contributed by atoms with Gasteiger partial charge in [-0.15, -0.1) is 0 Å². The van der Waals surface area contributed by atoms with Crippen LogP contribution >= 0.6 is 0 Å². The Morgan fingerprint density at radius 2 is 1.77 bits per heavy atom. The molecule has 114 valence electrons. The van der Waals surface area contributed by atoms with Crippen molar-refractivity contribution in [3.05, 3.63) is 65.2 Å². The van der Waals surface area contributed by atoms with E-state index < -0.39 is 11.8 Å². The maximum atomic E-state index is 11.9. The van der Waals surface area contributed by atoms with E-state index in [0.717, 1.165) is 5.56 Å². The largest absolute Gasteiger partial charge is 0.489 e. The van der Waals surface area contributed by atoms with Crippen LogP contribution in [0.25, 0.3) is 0 Å². The first-order valence-corrected chi connectivity index (χ1v) is 7.10. The molecule has 0 amide bonds. The molecule has 0 spiro atoms. The van der Waals surface area contributed by atoms with Gasteiger partial charge in [-0.2, -0.15) is 0 Å². The van der Waals surface area contributed by atoms with Crippen LogP contribution in [0.3, 0.4) is 0 Å². The van der Waals surface area contributed by atoms with Crippen molar-refractivity contribution in [3.63, 3.8) is 0 Å². The summed E-state index contributed by atoms with van der Waals surface area (Å²) in [6.07, 6.45) is 0. The summed E-state index contributed by atoms with van der Waals surface area (Å²) in [5, 5.41) is 0. The quantitative estimate of drug-likeness (QED) is 0.466. The van der Waals surface area contributed by atoms with Crippen molar-refractivity contribution in [3.8, 4) is 5.75 Å². The first kappa shape index (κ1) is 15.8. The minimum Gasteiger partial charge on any atom is -0.489 e. The molecule has 0 aliphatic rings. The molecule has 0 N–H and O–H groups in total. The Labute approximate surface area is 129 Å². The maximum absolute atomic E-state index is 11.9. The summed E-state index contributed by atoms with van der Waals surface area (Å²) >= 11 is 0. The minimum atomic E-state index is -0.849. The molecule has 0 bridgehead atoms. The lowest BCUT2D eigenvalue weighted by Crippen LogP contribution is -2.17. The molecule has 22 heavy (non-hydrogen) atoms. The average Bonchev–Trinajstić information content (AvgIpc) is 2.54. The highest BCUT2D eigenvalue weighted by atomic mass is 16.5. The molecule has 0 aliphatic heterocycles. The number of benzene rings is 2. The molecular weight excluding hydrogens is 280 g/mol. The van der Waals surface area contributed by atoms with Crippen LogP contribution in [0.2, 0.25) is 0 Å². The van der Waals surface area contributed by atoms with E-state index in [1.807, 2.05) is 31.2 Å². The third-order valence-corrected chi connectivity index (χ3v) is 3.08. The van der Waals surface area contributed by atoms with Crippen molar-refractivity contribution in [1.82, 2.24) is 0 Å². The zero-order chi connectivity index (χ0) is 15.9. The predicted molar refractivity (Wildman–Crippen MR) is 82.9 cm³/mol. The van der Waals surface area contributed by atoms with Crippen molar-refractivity contribution < 1.29 is 19.1 Å². The van der Waals surface area contributed by atoms with Gasteiger partial charge in [-0.05, 0) is 31.5 Å². The fraction of sp³-hybridized carbons (Fsp3) is 0.222. The molecule has 0 radical (unpaired) electrons. The van der Waals surface area contributed by atoms with Crippen LogP contribution in [0.4, 0.5) is 0 Å². The molecule has 0 saturated heterocycles. The van der Waals surface area contributed by atoms with Gasteiger partial charge in [-0.3, -0.25) is 4.79 Å². The Bertz CT molecular complexity index is 659. The molecule has 0 unspecified atom stereocenters. The molecule has 4 nitrogen and oxygen atoms in total. The molecule has 0 heterocycles. The number of carbonyl (C=O) groups is 2. The van der Waals surface area contributed by atoms with E-state index in [0.29, 0.717) is 12.4 Å². The van der Waals surface area contributed by atoms with Crippen LogP contribution in [0.15, 0.2) is 48.5 Å². The molecule has 4 heteroatoms. The van der Waals surface area contributed by atoms with Gasteiger partial charge in [0, 0.05) is 5.56 Å². The standard InChI is InChI=1S/C18H18O4/c1-3-21-18(20)17(19)15-5-4-6-16(11-15)22-12-14-9-7-13(2)8-10-14/h4-11H,3,12H2,1-2H3. The van der Waals surface area contributed by atoms with Gasteiger partial charge in [0.2, 0.25) is 0 Å². The van der Waals surface area contributed by atoms with Crippen molar-refractivity contribution in [1.29, 1.82) is 0 Å². The highest BCUT2D eigenvalue weighted by Gasteiger charge is 2.17. The van der Waals surface area contributed by atoms with Gasteiger partial charge >= 0.3 is 5.97 Å². The van der Waals surface area contributed by atoms with Gasteiger partial charge in [-0.25, -0.2) is 4.79 Å². The SMILES string of the molecule is CCOC(=O)C(=O)c1cccc(OCc2ccc(C)cc2)c1. The van der Waals surface area contributed by atoms with Gasteiger partial charge < -0.3 is 9.47 Å². The third-order valence-electron chi connectivity index (χ3n) is 3.08. The summed E-state index contributed by atoms with van der Waals surface area (Å²) in [5.41, 5.74) is 2.48. The van der Waals surface area contributed by atoms with Gasteiger partial charge in [0.25, 0.3) is 5.78 Å². The highest BCUT2D eigenvalue weighted by molar-refractivity contribution is 6.40. The number of hydrogen-bond acceptors (Lipinski definition) is 4. The molecule has 2 aromatic carbocycles. The Hall–Kier alpha value is -2.62. The molecular formula is C18H18O4. The molecule has 2 rings (SSSR count). The van der Waals surface area contributed by atoms with Crippen molar-refractivity contribution in [2.45, 2.75) is 20.5 Å². The zero-order valence-electron chi connectivity index (χ0n) is 12.7. The number of carbonyl (C=O) groups excluding carboxylic acids is 2. The second-order valence-corrected chi connectivity index (χ2v) is 4.85. The summed E-state index contributed by atoms with van der Waals surface area (Å²) in [7, 11) is 0. The molecule has 0 saturated carbocycles. The smallest absolute Gasteiger partial charge is 0.379 e. The number of aryl methyl sites for hydroxylation is 1. The number of ketones is 1. The second kappa shape index (κ2) is 7.41. The highest BCUT2D eigenvalue weighted by Crippen LogP contribution is 2.16. The number of hydrogen-bond donors (Lipinski definition) is 0. The zero-order valence-corrected chi connectivity index (χ0v) is 12.7. The minimum absolute atomic E-state index is 0.175. The number of ether oxygens (including phenoxy) is 2. The van der Waals surface area contributed by atoms with E-state index in [2.05, 4.69) is 0 Å². The van der Waals surface area contributed by atoms with Gasteiger partial charge in [0.15, 0.2) is 0 Å². The van der Waals surface area contributed by atoms with Gasteiger partial charge in [0.05, 0.1) is 6.61 Å². The molecule has 0 fully saturated rings. The lowest BCUT2D eigenvalue weighted by atomic mass is 10.1. The first-order valence-electron chi connectivity index (χ1n) is 7.10. The topological polar surface area (TPSA) is 52.6 Å². The molecule has 0 atom stereocenters. The van der Waals surface area contributed by atoms with Gasteiger partial charge in [-0.1, -0.05) is 42.0 Å². The molecule has 0 aromatic heterocycles. The van der Waals surface area contributed by atoms with Crippen LogP contribution in [0.5, 0.6) is 5.75 Å². The van der Waals surface area contributed by atoms with E-state index in [-0.39, 0.29) is 12.2 Å². The van der Waals surface area contributed by atoms with Crippen LogP contribution in [0.1, 0.15) is 28.4 Å². The normalized spacial score (nSPS) is 10.1. The van der Waals surface area contributed by atoms with E-state index in [4.69, 9.17) is 9.47 Å². The summed E-state index contributed by atoms with van der Waals surface area (Å²) in [5.74, 6) is -0.975. The Balaban J connectivity index is 2.03. The third kappa shape index (κ3) is 4.19. The van der Waals surface area contributed by atoms with Crippen LogP contribution in [0, 0.1) is 6.92 Å². The Morgan fingerprint density at radius 1 is 1.05 bits per heavy atom. The van der Waals surface area contributed by atoms with E-state index in [1.54, 1.807) is 31.2 Å². The summed E-state index contributed by atoms with van der Waals surface area (Å²) in [4.78, 5) is 23.3. The van der Waals surface area contributed by atoms with Crippen molar-refractivity contribution in [2.24, 2.45) is 0 Å². The maximum Gasteiger partial charge on any atom is 0.379 e. The van der Waals surface area contributed by atoms with Crippen molar-refractivity contribution >= 4 is 11.8 Å². The van der Waals surface area contributed by atoms with Crippen LogP contribution in [-0.4, -0.2) is 18.4 Å². The van der Waals surface area contributed by atoms with E-state index in [9.17, 15) is 9.59 Å². The lowest BCUT2D eigenvalue weighted by molar-refractivity contribution is -0.137. The van der Waals surface area contributed by atoms with Crippen molar-refractivity contribution in [2.75, 3.05) is 6.61 Å². The lowest BCUT2D eigenvalue weighted by Gasteiger charge is -2.08. The Morgan fingerprint density at radius 3 is 2.45 bits per heavy atom. The monoisotopic (exact) mass is 298 g/mol. The molecule has 2 aromatic rings. The number of Topliss-reactive ketones (excluding diaryl/α,β-unsaturated/α-hetero) is 1. The van der Waals surface area contributed by atoms with E-state index >= 15 is 0 Å². The first-order chi connectivity index (χ1) is 10.6. The predicted octanol–water partition coefficient (Wildman–Crippen LogP) is 3.32. The fourth-order valence-electron chi connectivity index (χ4n) is 1.89. The van der Waals surface area contributed by atoms with Crippen LogP contribution < -0.4 is 4.74 Å². The van der Waals surface area contributed by atoms with E-state index in [1.165, 1.54) is 5.56 Å². The Kier molecular flexibility index (Phi) is 5.31. The summed E-state index contributed by atoms with van der Waals surface area (Å²) in [6, 6.07) is 14.5. The number of esters is 1. The fourth-order valence-corrected chi connectivity index (χ4v) is 1.89. The number of rotatable bonds is 6. The summed E-state index contributed by atoms with van der Waals surface area (Å²) in [6.45, 7) is 4.26. The summed E-state index contributed by atoms with van der Waals surface area (Å²) < 4.78 is 10.4. The second-order valence-electron chi connectivity index (χ2n) is 4.85. The van der Waals surface area contributed by atoms with Gasteiger partial charge in [0.1, 0.15) is 12.4 Å². The molecule has 0 aliphatic carbocycles. The van der Waals surface area contributed by atoms with Crippen LogP contribution in [-0.2, 0) is 16.1 Å².